The summed E-state index contributed by atoms with van der Waals surface area (Å²) in [6, 6.07) is 0. The first kappa shape index (κ1) is 8.58. The molecule has 0 bridgehead atoms. The predicted octanol–water partition coefficient (Wildman–Crippen LogP) is 3.55. The predicted molar refractivity (Wildman–Crippen MR) is 50.5 cm³/mol. The maximum atomic E-state index is 3.93. The molecule has 62 valence electrons. The molecule has 0 amide bonds. The SMILES string of the molecule is C=C(C)C(C)/C=C/C1CCC1. The smallest absolute Gasteiger partial charge is 0.00570 e. The monoisotopic (exact) mass is 150 g/mol. The lowest BCUT2D eigenvalue weighted by molar-refractivity contribution is 0.386. The lowest BCUT2D eigenvalue weighted by Gasteiger charge is -2.21. The van der Waals surface area contributed by atoms with Crippen molar-refractivity contribution in [2.24, 2.45) is 11.8 Å². The topological polar surface area (TPSA) is 0 Å². The zero-order valence-electron chi connectivity index (χ0n) is 7.64. The maximum Gasteiger partial charge on any atom is -0.00570 e. The third-order valence-corrected chi connectivity index (χ3v) is 2.60. The summed E-state index contributed by atoms with van der Waals surface area (Å²) in [5.41, 5.74) is 1.26. The van der Waals surface area contributed by atoms with Crippen LogP contribution in [0.5, 0.6) is 0 Å². The summed E-state index contributed by atoms with van der Waals surface area (Å²) in [6.07, 6.45) is 8.89. The van der Waals surface area contributed by atoms with E-state index in [4.69, 9.17) is 0 Å². The van der Waals surface area contributed by atoms with Crippen LogP contribution in [0.15, 0.2) is 24.3 Å². The van der Waals surface area contributed by atoms with Gasteiger partial charge < -0.3 is 0 Å². The van der Waals surface area contributed by atoms with Crippen LogP contribution in [0.1, 0.15) is 33.1 Å². The summed E-state index contributed by atoms with van der Waals surface area (Å²) < 4.78 is 0. The Morgan fingerprint density at radius 3 is 2.55 bits per heavy atom. The quantitative estimate of drug-likeness (QED) is 0.540. The van der Waals surface area contributed by atoms with Gasteiger partial charge in [-0.1, -0.05) is 37.6 Å². The van der Waals surface area contributed by atoms with Gasteiger partial charge in [0.05, 0.1) is 0 Å². The highest BCUT2D eigenvalue weighted by Crippen LogP contribution is 2.28. The molecule has 1 aliphatic carbocycles. The first-order valence-corrected chi connectivity index (χ1v) is 4.54. The van der Waals surface area contributed by atoms with Gasteiger partial charge in [-0.3, -0.25) is 0 Å². The Morgan fingerprint density at radius 1 is 1.55 bits per heavy atom. The molecule has 0 spiro atoms. The van der Waals surface area contributed by atoms with E-state index in [0.29, 0.717) is 5.92 Å². The van der Waals surface area contributed by atoms with Crippen LogP contribution in [0.2, 0.25) is 0 Å². The van der Waals surface area contributed by atoms with Crippen LogP contribution in [0.4, 0.5) is 0 Å². The third kappa shape index (κ3) is 2.53. The Hall–Kier alpha value is -0.520. The highest BCUT2D eigenvalue weighted by Gasteiger charge is 2.13. The minimum Gasteiger partial charge on any atom is -0.0996 e. The van der Waals surface area contributed by atoms with Crippen LogP contribution >= 0.6 is 0 Å². The average molecular weight is 150 g/mol. The van der Waals surface area contributed by atoms with E-state index >= 15 is 0 Å². The summed E-state index contributed by atoms with van der Waals surface area (Å²) in [5.74, 6) is 1.45. The lowest BCUT2D eigenvalue weighted by atomic mass is 9.84. The number of allylic oxidation sites excluding steroid dienone is 3. The van der Waals surface area contributed by atoms with Gasteiger partial charge >= 0.3 is 0 Å². The highest BCUT2D eigenvalue weighted by atomic mass is 14.2. The molecule has 1 fully saturated rings. The average Bonchev–Trinajstić information content (AvgIpc) is 1.83. The van der Waals surface area contributed by atoms with Crippen molar-refractivity contribution in [2.75, 3.05) is 0 Å². The van der Waals surface area contributed by atoms with Crippen LogP contribution in [0.3, 0.4) is 0 Å². The second-order valence-electron chi connectivity index (χ2n) is 3.71. The molecule has 0 aliphatic heterocycles. The van der Waals surface area contributed by atoms with Crippen molar-refractivity contribution in [1.82, 2.24) is 0 Å². The Balaban J connectivity index is 2.27. The fourth-order valence-electron chi connectivity index (χ4n) is 1.12. The Kier molecular flexibility index (Phi) is 2.92. The summed E-state index contributed by atoms with van der Waals surface area (Å²) in [6.45, 7) is 8.22. The van der Waals surface area contributed by atoms with Crippen LogP contribution in [-0.2, 0) is 0 Å². The van der Waals surface area contributed by atoms with Gasteiger partial charge in [0.15, 0.2) is 0 Å². The van der Waals surface area contributed by atoms with Crippen molar-refractivity contribution < 1.29 is 0 Å². The van der Waals surface area contributed by atoms with E-state index in [0.717, 1.165) is 5.92 Å². The van der Waals surface area contributed by atoms with E-state index in [1.54, 1.807) is 0 Å². The van der Waals surface area contributed by atoms with E-state index in [1.807, 2.05) is 0 Å². The molecule has 1 aliphatic rings. The van der Waals surface area contributed by atoms with Gasteiger partial charge in [-0.2, -0.15) is 0 Å². The fraction of sp³-hybridized carbons (Fsp3) is 0.636. The van der Waals surface area contributed by atoms with Gasteiger partial charge in [0.2, 0.25) is 0 Å². The van der Waals surface area contributed by atoms with Crippen LogP contribution in [0.25, 0.3) is 0 Å². The molecule has 1 atom stereocenters. The molecule has 0 saturated heterocycles. The highest BCUT2D eigenvalue weighted by molar-refractivity contribution is 5.06. The Labute approximate surface area is 70.0 Å². The molecule has 0 heteroatoms. The summed E-state index contributed by atoms with van der Waals surface area (Å²) >= 11 is 0. The van der Waals surface area contributed by atoms with E-state index in [1.165, 1.54) is 24.8 Å². The largest absolute Gasteiger partial charge is 0.0996 e. The summed E-state index contributed by atoms with van der Waals surface area (Å²) in [5, 5.41) is 0. The molecule has 1 unspecified atom stereocenters. The third-order valence-electron chi connectivity index (χ3n) is 2.60. The molecule has 1 saturated carbocycles. The number of rotatable bonds is 3. The van der Waals surface area contributed by atoms with Crippen LogP contribution in [0, 0.1) is 11.8 Å². The molecule has 0 nitrogen and oxygen atoms in total. The molecular weight excluding hydrogens is 132 g/mol. The standard InChI is InChI=1S/C11H18/c1-9(2)10(3)7-8-11-5-4-6-11/h7-8,10-11H,1,4-6H2,2-3H3/b8-7+. The van der Waals surface area contributed by atoms with Crippen molar-refractivity contribution in [3.63, 3.8) is 0 Å². The zero-order chi connectivity index (χ0) is 8.27. The second kappa shape index (κ2) is 3.75. The second-order valence-corrected chi connectivity index (χ2v) is 3.71. The van der Waals surface area contributed by atoms with Gasteiger partial charge in [-0.15, -0.1) is 0 Å². The van der Waals surface area contributed by atoms with E-state index < -0.39 is 0 Å². The van der Waals surface area contributed by atoms with Crippen molar-refractivity contribution in [3.05, 3.63) is 24.3 Å². The molecule has 11 heavy (non-hydrogen) atoms. The van der Waals surface area contributed by atoms with Crippen molar-refractivity contribution in [3.8, 4) is 0 Å². The Morgan fingerprint density at radius 2 is 2.18 bits per heavy atom. The maximum absolute atomic E-state index is 3.93. The van der Waals surface area contributed by atoms with Crippen molar-refractivity contribution >= 4 is 0 Å². The fourth-order valence-corrected chi connectivity index (χ4v) is 1.12. The van der Waals surface area contributed by atoms with Gasteiger partial charge in [0.1, 0.15) is 0 Å². The van der Waals surface area contributed by atoms with Gasteiger partial charge in [0.25, 0.3) is 0 Å². The molecule has 0 aromatic rings. The Bertz CT molecular complexity index is 161. The van der Waals surface area contributed by atoms with Gasteiger partial charge in [-0.05, 0) is 31.6 Å². The van der Waals surface area contributed by atoms with E-state index in [-0.39, 0.29) is 0 Å². The van der Waals surface area contributed by atoms with Crippen LogP contribution < -0.4 is 0 Å². The first-order chi connectivity index (χ1) is 5.20. The lowest BCUT2D eigenvalue weighted by Crippen LogP contribution is -2.07. The molecule has 0 heterocycles. The van der Waals surface area contributed by atoms with Crippen LogP contribution in [-0.4, -0.2) is 0 Å². The van der Waals surface area contributed by atoms with Gasteiger partial charge in [0, 0.05) is 0 Å². The van der Waals surface area contributed by atoms with Gasteiger partial charge in [-0.25, -0.2) is 0 Å². The van der Waals surface area contributed by atoms with Crippen molar-refractivity contribution in [2.45, 2.75) is 33.1 Å². The normalized spacial score (nSPS) is 21.6. The minimum absolute atomic E-state index is 0.565. The van der Waals surface area contributed by atoms with Crippen molar-refractivity contribution in [1.29, 1.82) is 0 Å². The molecule has 0 aromatic heterocycles. The minimum atomic E-state index is 0.565. The molecule has 0 N–H and O–H groups in total. The first-order valence-electron chi connectivity index (χ1n) is 4.54. The number of hydrogen-bond donors (Lipinski definition) is 0. The van der Waals surface area contributed by atoms with E-state index in [2.05, 4.69) is 32.6 Å². The molecule has 0 radical (unpaired) electrons. The number of hydrogen-bond acceptors (Lipinski definition) is 0. The summed E-state index contributed by atoms with van der Waals surface area (Å²) in [7, 11) is 0. The van der Waals surface area contributed by atoms with E-state index in [9.17, 15) is 0 Å². The zero-order valence-corrected chi connectivity index (χ0v) is 7.64. The summed E-state index contributed by atoms with van der Waals surface area (Å²) in [4.78, 5) is 0. The molecule has 0 aromatic carbocycles. The molecule has 1 rings (SSSR count). The molecular formula is C11H18.